The van der Waals surface area contributed by atoms with Gasteiger partial charge in [0.15, 0.2) is 0 Å². The van der Waals surface area contributed by atoms with Crippen molar-refractivity contribution in [2.24, 2.45) is 0 Å². The van der Waals surface area contributed by atoms with Gasteiger partial charge < -0.3 is 5.32 Å². The van der Waals surface area contributed by atoms with E-state index in [4.69, 9.17) is 0 Å². The van der Waals surface area contributed by atoms with Crippen LogP contribution >= 0.6 is 0 Å². The van der Waals surface area contributed by atoms with Gasteiger partial charge in [-0.1, -0.05) is 30.3 Å². The molecule has 0 saturated heterocycles. The normalized spacial score (nSPS) is 12.1. The lowest BCUT2D eigenvalue weighted by Gasteiger charge is -2.13. The van der Waals surface area contributed by atoms with Crippen LogP contribution in [-0.4, -0.2) is 10.2 Å². The summed E-state index contributed by atoms with van der Waals surface area (Å²) in [6.07, 6.45) is 1.67. The molecule has 0 radical (unpaired) electrons. The van der Waals surface area contributed by atoms with Crippen molar-refractivity contribution in [3.05, 3.63) is 54.2 Å². The number of nitrogens with one attached hydrogen (secondary N) is 1. The summed E-state index contributed by atoms with van der Waals surface area (Å²) in [6, 6.07) is 14.3. The van der Waals surface area contributed by atoms with E-state index in [9.17, 15) is 0 Å². The molecule has 2 rings (SSSR count). The first-order valence-electron chi connectivity index (χ1n) is 4.95. The Morgan fingerprint density at radius 2 is 1.87 bits per heavy atom. The van der Waals surface area contributed by atoms with Gasteiger partial charge in [-0.15, -0.1) is 5.10 Å². The van der Waals surface area contributed by atoms with Crippen LogP contribution in [0.1, 0.15) is 18.5 Å². The molecular formula is C12H13N3. The number of anilines is 1. The highest BCUT2D eigenvalue weighted by molar-refractivity contribution is 5.36. The molecule has 1 heterocycles. The smallest absolute Gasteiger partial charge is 0.149 e. The predicted molar refractivity (Wildman–Crippen MR) is 60.5 cm³/mol. The van der Waals surface area contributed by atoms with Crippen LogP contribution in [0.15, 0.2) is 48.7 Å². The van der Waals surface area contributed by atoms with E-state index in [-0.39, 0.29) is 6.04 Å². The molecule has 0 bridgehead atoms. The molecule has 3 nitrogen and oxygen atoms in total. The molecule has 3 heteroatoms. The fraction of sp³-hybridized carbons (Fsp3) is 0.167. The highest BCUT2D eigenvalue weighted by atomic mass is 15.2. The average molecular weight is 199 g/mol. The van der Waals surface area contributed by atoms with Crippen molar-refractivity contribution >= 4 is 5.82 Å². The molecule has 1 aromatic heterocycles. The van der Waals surface area contributed by atoms with E-state index in [1.165, 1.54) is 5.56 Å². The van der Waals surface area contributed by atoms with Crippen molar-refractivity contribution < 1.29 is 0 Å². The van der Waals surface area contributed by atoms with Crippen LogP contribution in [-0.2, 0) is 0 Å². The van der Waals surface area contributed by atoms with Crippen molar-refractivity contribution in [2.45, 2.75) is 13.0 Å². The molecule has 0 spiro atoms. The Morgan fingerprint density at radius 3 is 2.53 bits per heavy atom. The summed E-state index contributed by atoms with van der Waals surface area (Å²) in [4.78, 5) is 0. The van der Waals surface area contributed by atoms with Gasteiger partial charge in [-0.2, -0.15) is 5.10 Å². The number of benzene rings is 1. The lowest BCUT2D eigenvalue weighted by atomic mass is 10.1. The zero-order valence-corrected chi connectivity index (χ0v) is 8.59. The molecule has 0 aliphatic heterocycles. The highest BCUT2D eigenvalue weighted by Gasteiger charge is 2.04. The maximum Gasteiger partial charge on any atom is 0.149 e. The lowest BCUT2D eigenvalue weighted by molar-refractivity contribution is 0.860. The van der Waals surface area contributed by atoms with Gasteiger partial charge in [0.1, 0.15) is 5.82 Å². The van der Waals surface area contributed by atoms with Gasteiger partial charge in [0.05, 0.1) is 0 Å². The van der Waals surface area contributed by atoms with Crippen LogP contribution in [0.3, 0.4) is 0 Å². The van der Waals surface area contributed by atoms with E-state index in [2.05, 4.69) is 34.6 Å². The Balaban J connectivity index is 2.08. The summed E-state index contributed by atoms with van der Waals surface area (Å²) in [5, 5.41) is 11.1. The summed E-state index contributed by atoms with van der Waals surface area (Å²) >= 11 is 0. The summed E-state index contributed by atoms with van der Waals surface area (Å²) in [5.74, 6) is 0.800. The monoisotopic (exact) mass is 199 g/mol. The first-order chi connectivity index (χ1) is 7.36. The maximum atomic E-state index is 3.98. The second-order valence-electron chi connectivity index (χ2n) is 3.39. The zero-order chi connectivity index (χ0) is 10.5. The maximum absolute atomic E-state index is 3.98. The van der Waals surface area contributed by atoms with E-state index >= 15 is 0 Å². The number of hydrogen-bond donors (Lipinski definition) is 1. The lowest BCUT2D eigenvalue weighted by Crippen LogP contribution is -2.07. The van der Waals surface area contributed by atoms with Gasteiger partial charge in [-0.3, -0.25) is 0 Å². The van der Waals surface area contributed by atoms with Crippen molar-refractivity contribution in [1.29, 1.82) is 0 Å². The van der Waals surface area contributed by atoms with Gasteiger partial charge in [0.25, 0.3) is 0 Å². The second-order valence-corrected chi connectivity index (χ2v) is 3.39. The third-order valence-electron chi connectivity index (χ3n) is 2.24. The minimum absolute atomic E-state index is 0.239. The van der Waals surface area contributed by atoms with E-state index in [1.807, 2.05) is 30.3 Å². The van der Waals surface area contributed by atoms with Crippen LogP contribution < -0.4 is 5.32 Å². The zero-order valence-electron chi connectivity index (χ0n) is 8.59. The van der Waals surface area contributed by atoms with Crippen molar-refractivity contribution in [3.8, 4) is 0 Å². The topological polar surface area (TPSA) is 37.8 Å². The van der Waals surface area contributed by atoms with Crippen molar-refractivity contribution in [1.82, 2.24) is 10.2 Å². The Labute approximate surface area is 89.2 Å². The third-order valence-corrected chi connectivity index (χ3v) is 2.24. The summed E-state index contributed by atoms with van der Waals surface area (Å²) in [5.41, 5.74) is 1.24. The van der Waals surface area contributed by atoms with Crippen molar-refractivity contribution in [2.75, 3.05) is 5.32 Å². The molecule has 0 aliphatic rings. The predicted octanol–water partition coefficient (Wildman–Crippen LogP) is 2.65. The minimum atomic E-state index is 0.239. The Morgan fingerprint density at radius 1 is 1.07 bits per heavy atom. The average Bonchev–Trinajstić information content (AvgIpc) is 2.31. The quantitative estimate of drug-likeness (QED) is 0.825. The number of rotatable bonds is 3. The molecule has 15 heavy (non-hydrogen) atoms. The molecule has 0 amide bonds. The number of hydrogen-bond acceptors (Lipinski definition) is 3. The van der Waals surface area contributed by atoms with E-state index in [1.54, 1.807) is 6.20 Å². The van der Waals surface area contributed by atoms with E-state index in [0.717, 1.165) is 5.82 Å². The van der Waals surface area contributed by atoms with Crippen LogP contribution in [0.5, 0.6) is 0 Å². The highest BCUT2D eigenvalue weighted by Crippen LogP contribution is 2.16. The molecule has 1 unspecified atom stereocenters. The Kier molecular flexibility index (Phi) is 2.93. The van der Waals surface area contributed by atoms with E-state index < -0.39 is 0 Å². The van der Waals surface area contributed by atoms with Gasteiger partial charge in [-0.25, -0.2) is 0 Å². The van der Waals surface area contributed by atoms with Crippen LogP contribution in [0.2, 0.25) is 0 Å². The second kappa shape index (κ2) is 4.55. The van der Waals surface area contributed by atoms with Crippen LogP contribution in [0.4, 0.5) is 5.82 Å². The van der Waals surface area contributed by atoms with Crippen LogP contribution in [0.25, 0.3) is 0 Å². The molecule has 76 valence electrons. The minimum Gasteiger partial charge on any atom is -0.362 e. The molecule has 0 saturated carbocycles. The third kappa shape index (κ3) is 2.53. The van der Waals surface area contributed by atoms with Gasteiger partial charge in [0, 0.05) is 12.2 Å². The molecule has 2 aromatic rings. The molecule has 0 fully saturated rings. The molecule has 1 N–H and O–H groups in total. The molecule has 1 aromatic carbocycles. The van der Waals surface area contributed by atoms with Gasteiger partial charge in [0.2, 0.25) is 0 Å². The number of aromatic nitrogens is 2. The van der Waals surface area contributed by atoms with Crippen LogP contribution in [0, 0.1) is 0 Å². The van der Waals surface area contributed by atoms with Gasteiger partial charge >= 0.3 is 0 Å². The summed E-state index contributed by atoms with van der Waals surface area (Å²) < 4.78 is 0. The first-order valence-corrected chi connectivity index (χ1v) is 4.95. The Hall–Kier alpha value is -1.90. The molecule has 1 atom stereocenters. The molecular weight excluding hydrogens is 186 g/mol. The largest absolute Gasteiger partial charge is 0.362 e. The standard InChI is InChI=1S/C12H13N3/c1-10(11-6-3-2-4-7-11)14-12-8-5-9-13-15-12/h2-10H,1H3,(H,14,15). The fourth-order valence-electron chi connectivity index (χ4n) is 1.43. The van der Waals surface area contributed by atoms with Crippen molar-refractivity contribution in [3.63, 3.8) is 0 Å². The van der Waals surface area contributed by atoms with E-state index in [0.29, 0.717) is 0 Å². The molecule has 0 aliphatic carbocycles. The Bertz CT molecular complexity index is 400. The van der Waals surface area contributed by atoms with Gasteiger partial charge in [-0.05, 0) is 24.6 Å². The summed E-state index contributed by atoms with van der Waals surface area (Å²) in [6.45, 7) is 2.10. The fourth-order valence-corrected chi connectivity index (χ4v) is 1.43. The number of nitrogens with zero attached hydrogens (tertiary/aromatic N) is 2. The summed E-state index contributed by atoms with van der Waals surface area (Å²) in [7, 11) is 0. The first kappa shape index (κ1) is 9.65. The SMILES string of the molecule is CC(Nc1cccnn1)c1ccccc1.